The highest BCUT2D eigenvalue weighted by Crippen LogP contribution is 2.17. The van der Waals surface area contributed by atoms with Crippen molar-refractivity contribution in [1.29, 1.82) is 0 Å². The molecule has 6 nitrogen and oxygen atoms in total. The van der Waals surface area contributed by atoms with E-state index in [0.717, 1.165) is 12.8 Å². The molecule has 0 bridgehead atoms. The Morgan fingerprint density at radius 1 is 1.24 bits per heavy atom. The number of anilines is 1. The van der Waals surface area contributed by atoms with E-state index in [2.05, 4.69) is 20.7 Å². The summed E-state index contributed by atoms with van der Waals surface area (Å²) < 4.78 is 0. The van der Waals surface area contributed by atoms with Gasteiger partial charge in [0, 0.05) is 6.04 Å². The molecule has 1 aromatic heterocycles. The van der Waals surface area contributed by atoms with E-state index < -0.39 is 0 Å². The van der Waals surface area contributed by atoms with E-state index in [0.29, 0.717) is 11.5 Å². The smallest absolute Gasteiger partial charge is 0.271 e. The second-order valence-corrected chi connectivity index (χ2v) is 4.24. The summed E-state index contributed by atoms with van der Waals surface area (Å²) in [5, 5.41) is 2.98. The van der Waals surface area contributed by atoms with Gasteiger partial charge in [-0.1, -0.05) is 19.3 Å². The fourth-order valence-electron chi connectivity index (χ4n) is 2.03. The molecule has 0 aromatic carbocycles. The molecule has 1 fully saturated rings. The third-order valence-corrected chi connectivity index (χ3v) is 2.97. The molecule has 0 aliphatic heterocycles. The number of rotatable bonds is 3. The molecular weight excluding hydrogens is 218 g/mol. The Morgan fingerprint density at radius 2 is 2.00 bits per heavy atom. The lowest BCUT2D eigenvalue weighted by Gasteiger charge is -2.22. The minimum Gasteiger partial charge on any atom is -0.348 e. The molecule has 1 aromatic rings. The van der Waals surface area contributed by atoms with Crippen LogP contribution < -0.4 is 16.6 Å². The molecule has 92 valence electrons. The number of hydrogen-bond acceptors (Lipinski definition) is 5. The molecule has 1 saturated carbocycles. The average molecular weight is 235 g/mol. The minimum absolute atomic E-state index is 0.159. The summed E-state index contributed by atoms with van der Waals surface area (Å²) >= 11 is 0. The number of aromatic nitrogens is 2. The van der Waals surface area contributed by atoms with Crippen molar-refractivity contribution >= 4 is 11.7 Å². The first kappa shape index (κ1) is 11.8. The summed E-state index contributed by atoms with van der Waals surface area (Å²) in [6.07, 6.45) is 8.62. The van der Waals surface area contributed by atoms with Crippen molar-refractivity contribution in [3.8, 4) is 0 Å². The number of nitrogens with two attached hydrogens (primary N) is 1. The Morgan fingerprint density at radius 3 is 2.59 bits per heavy atom. The number of nitrogen functional groups attached to an aromatic ring is 1. The molecule has 6 heteroatoms. The summed E-state index contributed by atoms with van der Waals surface area (Å²) in [5.74, 6) is 5.46. The molecule has 0 unspecified atom stereocenters. The van der Waals surface area contributed by atoms with Crippen molar-refractivity contribution in [3.63, 3.8) is 0 Å². The van der Waals surface area contributed by atoms with E-state index in [1.165, 1.54) is 31.7 Å². The Bertz CT molecular complexity index is 372. The van der Waals surface area contributed by atoms with Gasteiger partial charge in [0.05, 0.1) is 12.4 Å². The van der Waals surface area contributed by atoms with Gasteiger partial charge in [0.25, 0.3) is 5.91 Å². The summed E-state index contributed by atoms with van der Waals surface area (Å²) in [7, 11) is 0. The molecule has 4 N–H and O–H groups in total. The predicted octanol–water partition coefficient (Wildman–Crippen LogP) is 0.825. The number of carbonyl (C=O) groups excluding carboxylic acids is 1. The van der Waals surface area contributed by atoms with Crippen LogP contribution in [0.25, 0.3) is 0 Å². The van der Waals surface area contributed by atoms with Gasteiger partial charge in [-0.2, -0.15) is 0 Å². The maximum atomic E-state index is 11.8. The third-order valence-electron chi connectivity index (χ3n) is 2.97. The first-order valence-electron chi connectivity index (χ1n) is 5.89. The van der Waals surface area contributed by atoms with Crippen molar-refractivity contribution < 1.29 is 4.79 Å². The van der Waals surface area contributed by atoms with Crippen molar-refractivity contribution in [2.24, 2.45) is 5.84 Å². The van der Waals surface area contributed by atoms with Crippen molar-refractivity contribution in [3.05, 3.63) is 18.1 Å². The summed E-state index contributed by atoms with van der Waals surface area (Å²) in [6, 6.07) is 0.283. The number of carbonyl (C=O) groups is 1. The van der Waals surface area contributed by atoms with Gasteiger partial charge in [0.1, 0.15) is 5.69 Å². The van der Waals surface area contributed by atoms with Gasteiger partial charge in [0.2, 0.25) is 0 Å². The van der Waals surface area contributed by atoms with Crippen LogP contribution in [0.15, 0.2) is 12.4 Å². The number of hydrogen-bond donors (Lipinski definition) is 3. The van der Waals surface area contributed by atoms with Crippen LogP contribution in [0.2, 0.25) is 0 Å². The standard InChI is InChI=1S/C11H17N5O/c12-16-10-7-13-9(6-14-10)11(17)15-8-4-2-1-3-5-8/h6-8H,1-5,12H2,(H,14,16)(H,15,17). The normalized spacial score (nSPS) is 16.5. The van der Waals surface area contributed by atoms with Crippen LogP contribution in [-0.4, -0.2) is 21.9 Å². The average Bonchev–Trinajstić information content (AvgIpc) is 2.40. The van der Waals surface area contributed by atoms with E-state index in [4.69, 9.17) is 5.84 Å². The highest BCUT2D eigenvalue weighted by atomic mass is 16.1. The van der Waals surface area contributed by atoms with Gasteiger partial charge in [-0.25, -0.2) is 15.8 Å². The van der Waals surface area contributed by atoms with E-state index in [9.17, 15) is 4.79 Å². The van der Waals surface area contributed by atoms with Gasteiger partial charge in [-0.3, -0.25) is 4.79 Å². The molecule has 0 atom stereocenters. The Hall–Kier alpha value is -1.69. The van der Waals surface area contributed by atoms with Crippen LogP contribution in [0, 0.1) is 0 Å². The molecular formula is C11H17N5O. The number of hydrazine groups is 1. The molecule has 0 spiro atoms. The van der Waals surface area contributed by atoms with E-state index in [1.807, 2.05) is 0 Å². The molecule has 1 heterocycles. The van der Waals surface area contributed by atoms with Crippen LogP contribution in [0.1, 0.15) is 42.6 Å². The monoisotopic (exact) mass is 235 g/mol. The summed E-state index contributed by atoms with van der Waals surface area (Å²) in [4.78, 5) is 19.8. The quantitative estimate of drug-likeness (QED) is 0.533. The number of amides is 1. The first-order chi connectivity index (χ1) is 8.29. The molecule has 0 saturated heterocycles. The van der Waals surface area contributed by atoms with Crippen LogP contribution >= 0.6 is 0 Å². The molecule has 17 heavy (non-hydrogen) atoms. The largest absolute Gasteiger partial charge is 0.348 e. The zero-order valence-electron chi connectivity index (χ0n) is 9.65. The zero-order valence-corrected chi connectivity index (χ0v) is 9.65. The highest BCUT2D eigenvalue weighted by Gasteiger charge is 2.17. The van der Waals surface area contributed by atoms with E-state index >= 15 is 0 Å². The maximum absolute atomic E-state index is 11.8. The van der Waals surface area contributed by atoms with Gasteiger partial charge in [-0.15, -0.1) is 0 Å². The van der Waals surface area contributed by atoms with Crippen molar-refractivity contribution in [2.75, 3.05) is 5.43 Å². The van der Waals surface area contributed by atoms with Crippen LogP contribution in [0.4, 0.5) is 5.82 Å². The Kier molecular flexibility index (Phi) is 3.87. The summed E-state index contributed by atoms with van der Waals surface area (Å²) in [6.45, 7) is 0. The number of nitrogens with zero attached hydrogens (tertiary/aromatic N) is 2. The molecule has 1 aliphatic rings. The highest BCUT2D eigenvalue weighted by molar-refractivity contribution is 5.92. The van der Waals surface area contributed by atoms with Crippen molar-refractivity contribution in [2.45, 2.75) is 38.1 Å². The van der Waals surface area contributed by atoms with Crippen LogP contribution in [0.5, 0.6) is 0 Å². The van der Waals surface area contributed by atoms with Gasteiger partial charge >= 0.3 is 0 Å². The van der Waals surface area contributed by atoms with E-state index in [-0.39, 0.29) is 11.9 Å². The van der Waals surface area contributed by atoms with E-state index in [1.54, 1.807) is 0 Å². The van der Waals surface area contributed by atoms with Gasteiger partial charge in [-0.05, 0) is 12.8 Å². The fourth-order valence-corrected chi connectivity index (χ4v) is 2.03. The fraction of sp³-hybridized carbons (Fsp3) is 0.545. The van der Waals surface area contributed by atoms with Gasteiger partial charge in [0.15, 0.2) is 5.82 Å². The Balaban J connectivity index is 1.93. The molecule has 0 radical (unpaired) electrons. The molecule has 1 amide bonds. The SMILES string of the molecule is NNc1cnc(C(=O)NC2CCCCC2)cn1. The topological polar surface area (TPSA) is 92.9 Å². The Labute approximate surface area is 100.0 Å². The predicted molar refractivity (Wildman–Crippen MR) is 64.2 cm³/mol. The van der Waals surface area contributed by atoms with Gasteiger partial charge < -0.3 is 10.7 Å². The lowest BCUT2D eigenvalue weighted by atomic mass is 9.95. The first-order valence-corrected chi connectivity index (χ1v) is 5.89. The summed E-state index contributed by atoms with van der Waals surface area (Å²) in [5.41, 5.74) is 2.70. The minimum atomic E-state index is -0.159. The third kappa shape index (κ3) is 3.13. The zero-order chi connectivity index (χ0) is 12.1. The van der Waals surface area contributed by atoms with Crippen molar-refractivity contribution in [1.82, 2.24) is 15.3 Å². The maximum Gasteiger partial charge on any atom is 0.271 e. The molecule has 1 aliphatic carbocycles. The lowest BCUT2D eigenvalue weighted by Crippen LogP contribution is -2.36. The molecule has 2 rings (SSSR count). The number of nitrogens with one attached hydrogen (secondary N) is 2. The second kappa shape index (κ2) is 5.58. The lowest BCUT2D eigenvalue weighted by molar-refractivity contribution is 0.0922. The van der Waals surface area contributed by atoms with Crippen LogP contribution in [-0.2, 0) is 0 Å². The second-order valence-electron chi connectivity index (χ2n) is 4.24. The van der Waals surface area contributed by atoms with Crippen LogP contribution in [0.3, 0.4) is 0 Å².